The van der Waals surface area contributed by atoms with Crippen LogP contribution in [0.25, 0.3) is 0 Å². The van der Waals surface area contributed by atoms with Crippen LogP contribution in [0, 0.1) is 11.8 Å². The van der Waals surface area contributed by atoms with Gasteiger partial charge in [-0.05, 0) is 74.9 Å². The monoisotopic (exact) mass is 718 g/mol. The molecule has 0 radical (unpaired) electrons. The molecule has 0 aromatic carbocycles. The molecule has 4 aliphatic rings. The molecular formula is C36H66N2O12. The summed E-state index contributed by atoms with van der Waals surface area (Å²) in [6.45, 7) is 15.8. The van der Waals surface area contributed by atoms with Crippen molar-refractivity contribution in [1.29, 1.82) is 0 Å². The molecule has 4 heterocycles. The van der Waals surface area contributed by atoms with E-state index < -0.39 is 90.0 Å². The molecule has 1 unspecified atom stereocenters. The van der Waals surface area contributed by atoms with Crippen LogP contribution in [0.4, 0.5) is 0 Å². The van der Waals surface area contributed by atoms with E-state index in [9.17, 15) is 25.2 Å². The Bertz CT molecular complexity index is 1110. The number of hydrogen-bond donors (Lipinski definition) is 4. The fourth-order valence-electron chi connectivity index (χ4n) is 8.14. The van der Waals surface area contributed by atoms with Gasteiger partial charge in [0.05, 0.1) is 72.9 Å². The predicted molar refractivity (Wildman–Crippen MR) is 183 cm³/mol. The van der Waals surface area contributed by atoms with E-state index in [1.807, 2.05) is 21.0 Å². The molecule has 14 nitrogen and oxygen atoms in total. The summed E-state index contributed by atoms with van der Waals surface area (Å²) >= 11 is 0. The molecule has 4 N–H and O–H groups in total. The number of carbonyl (C=O) groups is 1. The fourth-order valence-corrected chi connectivity index (χ4v) is 8.14. The summed E-state index contributed by atoms with van der Waals surface area (Å²) < 4.78 is 43.5. The molecule has 0 aromatic rings. The number of hydrogen-bond acceptors (Lipinski definition) is 14. The highest BCUT2D eigenvalue weighted by molar-refractivity contribution is 5.73. The number of aliphatic hydroxyl groups is 4. The number of methoxy groups -OCH3 is 1. The maximum absolute atomic E-state index is 13.8. The lowest BCUT2D eigenvalue weighted by atomic mass is 9.76. The Labute approximate surface area is 298 Å². The number of fused-ring (bicyclic) bond motifs is 3. The first-order chi connectivity index (χ1) is 23.2. The van der Waals surface area contributed by atoms with Crippen molar-refractivity contribution >= 4 is 5.97 Å². The second-order valence-electron chi connectivity index (χ2n) is 16.5. The van der Waals surface area contributed by atoms with Gasteiger partial charge in [0.25, 0.3) is 0 Å². The van der Waals surface area contributed by atoms with E-state index in [1.54, 1.807) is 41.5 Å². The number of morpholine rings is 1. The van der Waals surface area contributed by atoms with E-state index in [-0.39, 0.29) is 31.5 Å². The van der Waals surface area contributed by atoms with Crippen molar-refractivity contribution in [2.45, 2.75) is 165 Å². The fraction of sp³-hybridized carbons (Fsp3) is 0.972. The van der Waals surface area contributed by atoms with Crippen LogP contribution in [0.3, 0.4) is 0 Å². The van der Waals surface area contributed by atoms with Crippen LogP contribution in [-0.2, 0) is 38.0 Å². The van der Waals surface area contributed by atoms with Crippen molar-refractivity contribution in [3.05, 3.63) is 0 Å². The van der Waals surface area contributed by atoms with E-state index in [1.165, 1.54) is 7.11 Å². The summed E-state index contributed by atoms with van der Waals surface area (Å²) in [6.07, 6.45) is -6.08. The molecule has 0 aromatic heterocycles. The van der Waals surface area contributed by atoms with Crippen LogP contribution in [0.5, 0.6) is 0 Å². The van der Waals surface area contributed by atoms with Gasteiger partial charge < -0.3 is 58.5 Å². The smallest absolute Gasteiger partial charge is 0.311 e. The lowest BCUT2D eigenvalue weighted by Gasteiger charge is -2.50. The van der Waals surface area contributed by atoms with Gasteiger partial charge in [0.1, 0.15) is 17.8 Å². The zero-order valence-electron chi connectivity index (χ0n) is 32.1. The van der Waals surface area contributed by atoms with Gasteiger partial charge in [-0.3, -0.25) is 9.69 Å². The van der Waals surface area contributed by atoms with E-state index in [4.69, 9.17) is 33.2 Å². The van der Waals surface area contributed by atoms with Crippen molar-refractivity contribution in [3.63, 3.8) is 0 Å². The number of esters is 1. The van der Waals surface area contributed by atoms with Gasteiger partial charge in [-0.25, -0.2) is 0 Å². The third-order valence-corrected chi connectivity index (χ3v) is 11.4. The summed E-state index contributed by atoms with van der Waals surface area (Å²) in [5.41, 5.74) is -3.79. The third-order valence-electron chi connectivity index (χ3n) is 11.4. The minimum atomic E-state index is -1.52. The van der Waals surface area contributed by atoms with Gasteiger partial charge in [-0.1, -0.05) is 6.92 Å². The second kappa shape index (κ2) is 16.6. The van der Waals surface area contributed by atoms with E-state index in [2.05, 4.69) is 16.7 Å². The first kappa shape index (κ1) is 41.7. The molecule has 15 atom stereocenters. The van der Waals surface area contributed by atoms with Crippen LogP contribution < -0.4 is 0 Å². The van der Waals surface area contributed by atoms with Crippen molar-refractivity contribution in [2.24, 2.45) is 11.8 Å². The minimum absolute atomic E-state index is 0.0237. The molecule has 4 aliphatic heterocycles. The predicted octanol–water partition coefficient (Wildman–Crippen LogP) is 1.28. The largest absolute Gasteiger partial charge is 0.459 e. The standard InChI is InChI=1S/C36H66N2O12/c1-20(18-37(9)10)16-36(43)27-19-45-13-12-38(27)30-25(39)14-21(2)46-33(30)50-28(36)15-26(22(3)32(41)48-24(5)34(6,7)42)49-29-17-35(8,44-11)31(40)23(4)47-29/h20-31,33,39-40,42-43H,12-19H2,1-11H3/t20-,21-,22-,23+,24-,25-,26+,27?,28-,29+,30+,31+,33+,35-,36+/m1/s1. The number of rotatable bonds is 13. The molecule has 0 saturated carbocycles. The first-order valence-electron chi connectivity index (χ1n) is 18.4. The molecule has 292 valence electrons. The summed E-state index contributed by atoms with van der Waals surface area (Å²) in [7, 11) is 5.50. The van der Waals surface area contributed by atoms with E-state index >= 15 is 0 Å². The van der Waals surface area contributed by atoms with Gasteiger partial charge >= 0.3 is 5.97 Å². The van der Waals surface area contributed by atoms with Gasteiger partial charge in [0.2, 0.25) is 0 Å². The highest BCUT2D eigenvalue weighted by Crippen LogP contribution is 2.43. The molecule has 0 spiro atoms. The van der Waals surface area contributed by atoms with Crippen LogP contribution in [0.15, 0.2) is 0 Å². The molecule has 50 heavy (non-hydrogen) atoms. The number of aliphatic hydroxyl groups excluding tert-OH is 2. The first-order valence-corrected chi connectivity index (χ1v) is 18.4. The summed E-state index contributed by atoms with van der Waals surface area (Å²) in [6, 6.07) is -1.09. The van der Waals surface area contributed by atoms with Crippen LogP contribution in [0.2, 0.25) is 0 Å². The van der Waals surface area contributed by atoms with Gasteiger partial charge in [0.15, 0.2) is 12.6 Å². The summed E-state index contributed by atoms with van der Waals surface area (Å²) in [4.78, 5) is 18.0. The van der Waals surface area contributed by atoms with Crippen molar-refractivity contribution in [1.82, 2.24) is 9.80 Å². The highest BCUT2D eigenvalue weighted by Gasteiger charge is 2.59. The minimum Gasteiger partial charge on any atom is -0.459 e. The normalized spacial score (nSPS) is 41.0. The molecule has 0 amide bonds. The van der Waals surface area contributed by atoms with Gasteiger partial charge in [-0.2, -0.15) is 0 Å². The molecule has 0 bridgehead atoms. The average molecular weight is 719 g/mol. The lowest BCUT2D eigenvalue weighted by Crippen LogP contribution is -2.67. The van der Waals surface area contributed by atoms with Gasteiger partial charge in [-0.15, -0.1) is 0 Å². The van der Waals surface area contributed by atoms with Crippen LogP contribution >= 0.6 is 0 Å². The van der Waals surface area contributed by atoms with E-state index in [0.29, 0.717) is 32.5 Å². The zero-order chi connectivity index (χ0) is 37.3. The summed E-state index contributed by atoms with van der Waals surface area (Å²) in [5.74, 6) is -1.48. The molecule has 0 aliphatic carbocycles. The molecule has 14 heteroatoms. The maximum atomic E-state index is 13.8. The van der Waals surface area contributed by atoms with Crippen molar-refractivity contribution in [2.75, 3.05) is 47.5 Å². The zero-order valence-corrected chi connectivity index (χ0v) is 32.1. The number of ether oxygens (including phenoxy) is 7. The van der Waals surface area contributed by atoms with Crippen molar-refractivity contribution < 1.29 is 58.4 Å². The van der Waals surface area contributed by atoms with E-state index in [0.717, 1.165) is 0 Å². The molecule has 4 rings (SSSR count). The molecule has 4 saturated heterocycles. The Morgan fingerprint density at radius 2 is 1.80 bits per heavy atom. The topological polar surface area (TPSA) is 169 Å². The molecular weight excluding hydrogens is 652 g/mol. The Kier molecular flexibility index (Phi) is 13.8. The SMILES string of the molecule is CO[C@]1(C)C[C@H](O[C@@H](C[C@H]2O[C@@H]3O[C@H](C)C[C@@H](O)[C@@H]3N3CCOCC3[C@@]2(O)C[C@@H](C)CN(C)C)[C@@H](C)C(=O)O[C@H](C)C(C)(C)O)O[C@@H](C)[C@@H]1O. The van der Waals surface area contributed by atoms with Gasteiger partial charge in [0, 0.05) is 39.5 Å². The highest BCUT2D eigenvalue weighted by atomic mass is 16.7. The Balaban J connectivity index is 1.76. The Morgan fingerprint density at radius 1 is 1.12 bits per heavy atom. The quantitative estimate of drug-likeness (QED) is 0.201. The van der Waals surface area contributed by atoms with Crippen LogP contribution in [0.1, 0.15) is 81.1 Å². The molecule has 4 fully saturated rings. The number of carbonyl (C=O) groups excluding carboxylic acids is 1. The maximum Gasteiger partial charge on any atom is 0.311 e. The summed E-state index contributed by atoms with van der Waals surface area (Å²) in [5, 5.41) is 46.0. The van der Waals surface area contributed by atoms with Crippen LogP contribution in [-0.4, -0.2) is 168 Å². The third kappa shape index (κ3) is 9.37. The van der Waals surface area contributed by atoms with Crippen molar-refractivity contribution in [3.8, 4) is 0 Å². The lowest BCUT2D eigenvalue weighted by molar-refractivity contribution is -0.300. The second-order valence-corrected chi connectivity index (χ2v) is 16.5. The average Bonchev–Trinajstić information content (AvgIpc) is 3.10. The Hall–Kier alpha value is -1.01. The Morgan fingerprint density at radius 3 is 2.42 bits per heavy atom. The number of nitrogens with zero attached hydrogens (tertiary/aromatic N) is 2.